The van der Waals surface area contributed by atoms with Crippen LogP contribution in [-0.4, -0.2) is 11.8 Å². The summed E-state index contributed by atoms with van der Waals surface area (Å²) in [7, 11) is 0. The first-order valence-electron chi connectivity index (χ1n) is 5.77. The van der Waals surface area contributed by atoms with E-state index in [9.17, 15) is 9.59 Å². The highest BCUT2D eigenvalue weighted by molar-refractivity contribution is 7.11. The van der Waals surface area contributed by atoms with Gasteiger partial charge in [0.05, 0.1) is 0 Å². The topological polar surface area (TPSA) is 58.2 Å². The Morgan fingerprint density at radius 3 is 1.65 bits per heavy atom. The van der Waals surface area contributed by atoms with Gasteiger partial charge in [0.25, 0.3) is 11.8 Å². The molecule has 2 N–H and O–H groups in total. The molecule has 0 spiro atoms. The number of carbonyl (C=O) groups excluding carboxylic acids is 2. The van der Waals surface area contributed by atoms with Crippen molar-refractivity contribution in [1.29, 1.82) is 0 Å². The minimum Gasteiger partial charge on any atom is -0.268 e. The van der Waals surface area contributed by atoms with E-state index < -0.39 is 0 Å². The number of hydrogen-bond donors (Lipinski definition) is 2. The zero-order chi connectivity index (χ0) is 14.2. The second-order valence-electron chi connectivity index (χ2n) is 3.68. The minimum absolute atomic E-state index is 0.378. The second kappa shape index (κ2) is 7.42. The van der Waals surface area contributed by atoms with E-state index in [0.717, 1.165) is 9.75 Å². The first kappa shape index (κ1) is 14.2. The van der Waals surface area contributed by atoms with Crippen LogP contribution in [0.15, 0.2) is 47.2 Å². The van der Waals surface area contributed by atoms with Crippen molar-refractivity contribution >= 4 is 46.6 Å². The molecule has 0 aromatic carbocycles. The van der Waals surface area contributed by atoms with Crippen LogP contribution < -0.4 is 10.9 Å². The Bertz CT molecular complexity index is 557. The van der Waals surface area contributed by atoms with Gasteiger partial charge < -0.3 is 0 Å². The molecule has 2 aromatic heterocycles. The summed E-state index contributed by atoms with van der Waals surface area (Å²) >= 11 is 3.06. The number of amides is 2. The lowest BCUT2D eigenvalue weighted by Crippen LogP contribution is -2.39. The number of hydrazine groups is 1. The molecule has 2 rings (SSSR count). The highest BCUT2D eigenvalue weighted by Gasteiger charge is 1.98. The van der Waals surface area contributed by atoms with E-state index in [2.05, 4.69) is 10.9 Å². The van der Waals surface area contributed by atoms with Crippen LogP contribution >= 0.6 is 22.7 Å². The lowest BCUT2D eigenvalue weighted by Gasteiger charge is -2.00. The maximum Gasteiger partial charge on any atom is 0.262 e. The summed E-state index contributed by atoms with van der Waals surface area (Å²) in [6.07, 6.45) is 6.12. The molecular weight excluding hydrogens is 292 g/mol. The molecule has 0 fully saturated rings. The molecule has 2 amide bonds. The zero-order valence-electron chi connectivity index (χ0n) is 10.4. The summed E-state index contributed by atoms with van der Waals surface area (Å²) in [4.78, 5) is 24.8. The average molecular weight is 304 g/mol. The van der Waals surface area contributed by atoms with Gasteiger partial charge in [-0.1, -0.05) is 12.1 Å². The number of carbonyl (C=O) groups is 2. The van der Waals surface area contributed by atoms with Crippen LogP contribution in [0.1, 0.15) is 9.75 Å². The molecule has 0 aliphatic rings. The van der Waals surface area contributed by atoms with Crippen molar-refractivity contribution in [1.82, 2.24) is 10.9 Å². The van der Waals surface area contributed by atoms with Gasteiger partial charge in [0.15, 0.2) is 0 Å². The zero-order valence-corrected chi connectivity index (χ0v) is 12.0. The number of thiophene rings is 2. The Labute approximate surface area is 124 Å². The summed E-state index contributed by atoms with van der Waals surface area (Å²) in [5.41, 5.74) is 4.61. The molecule has 4 nitrogen and oxygen atoms in total. The number of rotatable bonds is 4. The van der Waals surface area contributed by atoms with Crippen molar-refractivity contribution in [3.05, 3.63) is 56.9 Å². The van der Waals surface area contributed by atoms with Crippen LogP contribution in [0.5, 0.6) is 0 Å². The Balaban J connectivity index is 1.74. The third-order valence-electron chi connectivity index (χ3n) is 2.19. The Morgan fingerprint density at radius 1 is 0.850 bits per heavy atom. The van der Waals surface area contributed by atoms with Crippen molar-refractivity contribution in [2.45, 2.75) is 0 Å². The molecule has 0 aliphatic carbocycles. The van der Waals surface area contributed by atoms with Crippen molar-refractivity contribution in [2.75, 3.05) is 0 Å². The summed E-state index contributed by atoms with van der Waals surface area (Å²) in [5, 5.41) is 3.85. The van der Waals surface area contributed by atoms with E-state index in [0.29, 0.717) is 0 Å². The van der Waals surface area contributed by atoms with E-state index in [1.807, 2.05) is 35.0 Å². The summed E-state index contributed by atoms with van der Waals surface area (Å²) in [6.45, 7) is 0. The lowest BCUT2D eigenvalue weighted by molar-refractivity contribution is -0.123. The molecular formula is C14H12N2O2S2. The van der Waals surface area contributed by atoms with Gasteiger partial charge in [0.2, 0.25) is 0 Å². The molecule has 2 heterocycles. The molecule has 6 heteroatoms. The quantitative estimate of drug-likeness (QED) is 0.674. The maximum absolute atomic E-state index is 11.4. The van der Waals surface area contributed by atoms with Gasteiger partial charge in [-0.15, -0.1) is 22.7 Å². The predicted molar refractivity (Wildman–Crippen MR) is 83.0 cm³/mol. The number of hydrogen-bond acceptors (Lipinski definition) is 4. The standard InChI is InChI=1S/C14H12N2O2S2/c17-13(7-5-11-3-1-9-19-11)15-16-14(18)8-6-12-4-2-10-20-12/h1-10H,(H,15,17)(H,16,18)/b7-5+,8-6+. The van der Waals surface area contributed by atoms with Gasteiger partial charge in [0.1, 0.15) is 0 Å². The Morgan fingerprint density at radius 2 is 1.30 bits per heavy atom. The lowest BCUT2D eigenvalue weighted by atomic mass is 10.4. The van der Waals surface area contributed by atoms with Gasteiger partial charge in [-0.3, -0.25) is 20.4 Å². The maximum atomic E-state index is 11.4. The molecule has 0 aliphatic heterocycles. The molecule has 0 atom stereocenters. The van der Waals surface area contributed by atoms with Gasteiger partial charge >= 0.3 is 0 Å². The molecule has 2 aromatic rings. The smallest absolute Gasteiger partial charge is 0.262 e. The highest BCUT2D eigenvalue weighted by Crippen LogP contribution is 2.10. The van der Waals surface area contributed by atoms with Crippen LogP contribution in [0, 0.1) is 0 Å². The Hall–Kier alpha value is -2.18. The normalized spacial score (nSPS) is 11.0. The second-order valence-corrected chi connectivity index (χ2v) is 5.63. The number of nitrogens with one attached hydrogen (secondary N) is 2. The monoisotopic (exact) mass is 304 g/mol. The van der Waals surface area contributed by atoms with Gasteiger partial charge in [-0.05, 0) is 35.0 Å². The highest BCUT2D eigenvalue weighted by atomic mass is 32.1. The first-order chi connectivity index (χ1) is 9.74. The summed E-state index contributed by atoms with van der Waals surface area (Å²) in [6, 6.07) is 7.60. The summed E-state index contributed by atoms with van der Waals surface area (Å²) < 4.78 is 0. The van der Waals surface area contributed by atoms with Crippen molar-refractivity contribution in [2.24, 2.45) is 0 Å². The van der Waals surface area contributed by atoms with E-state index in [1.165, 1.54) is 34.8 Å². The van der Waals surface area contributed by atoms with Gasteiger partial charge in [0, 0.05) is 21.9 Å². The van der Waals surface area contributed by atoms with Gasteiger partial charge in [-0.2, -0.15) is 0 Å². The third-order valence-corrected chi connectivity index (χ3v) is 3.87. The summed E-state index contributed by atoms with van der Waals surface area (Å²) in [5.74, 6) is -0.757. The van der Waals surface area contributed by atoms with E-state index in [-0.39, 0.29) is 11.8 Å². The predicted octanol–water partition coefficient (Wildman–Crippen LogP) is 2.68. The fourth-order valence-electron chi connectivity index (χ4n) is 1.29. The molecule has 0 saturated heterocycles. The molecule has 102 valence electrons. The SMILES string of the molecule is O=C(/C=C/c1cccs1)NNC(=O)/C=C/c1cccs1. The fraction of sp³-hybridized carbons (Fsp3) is 0. The van der Waals surface area contributed by atoms with Crippen LogP contribution in [0.2, 0.25) is 0 Å². The molecule has 0 saturated carbocycles. The van der Waals surface area contributed by atoms with Crippen LogP contribution in [-0.2, 0) is 9.59 Å². The van der Waals surface area contributed by atoms with Crippen molar-refractivity contribution in [3.63, 3.8) is 0 Å². The van der Waals surface area contributed by atoms with E-state index in [4.69, 9.17) is 0 Å². The first-order valence-corrected chi connectivity index (χ1v) is 7.53. The van der Waals surface area contributed by atoms with Crippen LogP contribution in [0.3, 0.4) is 0 Å². The minimum atomic E-state index is -0.378. The van der Waals surface area contributed by atoms with Crippen LogP contribution in [0.4, 0.5) is 0 Å². The molecule has 0 radical (unpaired) electrons. The van der Waals surface area contributed by atoms with Crippen LogP contribution in [0.25, 0.3) is 12.2 Å². The molecule has 0 unspecified atom stereocenters. The van der Waals surface area contributed by atoms with Crippen molar-refractivity contribution < 1.29 is 9.59 Å². The van der Waals surface area contributed by atoms with Gasteiger partial charge in [-0.25, -0.2) is 0 Å². The Kier molecular flexibility index (Phi) is 5.28. The van der Waals surface area contributed by atoms with E-state index >= 15 is 0 Å². The van der Waals surface area contributed by atoms with E-state index in [1.54, 1.807) is 12.2 Å². The largest absolute Gasteiger partial charge is 0.268 e. The molecule has 20 heavy (non-hydrogen) atoms. The average Bonchev–Trinajstić information content (AvgIpc) is 3.13. The molecule has 0 bridgehead atoms. The fourth-order valence-corrected chi connectivity index (χ4v) is 2.53. The third kappa shape index (κ3) is 4.83. The van der Waals surface area contributed by atoms with Crippen molar-refractivity contribution in [3.8, 4) is 0 Å².